The van der Waals surface area contributed by atoms with Crippen molar-refractivity contribution in [3.8, 4) is 0 Å². The fourth-order valence-electron chi connectivity index (χ4n) is 1.78. The molecule has 74 valence electrons. The van der Waals surface area contributed by atoms with Gasteiger partial charge in [0.2, 0.25) is 5.91 Å². The van der Waals surface area contributed by atoms with E-state index in [4.69, 9.17) is 5.73 Å². The van der Waals surface area contributed by atoms with Gasteiger partial charge in [-0.3, -0.25) is 9.78 Å². The van der Waals surface area contributed by atoms with E-state index in [0.717, 1.165) is 25.2 Å². The highest BCUT2D eigenvalue weighted by molar-refractivity contribution is 5.78. The Bertz CT molecular complexity index is 325. The van der Waals surface area contributed by atoms with Crippen molar-refractivity contribution in [1.82, 2.24) is 4.98 Å². The molecule has 2 N–H and O–H groups in total. The lowest BCUT2D eigenvalue weighted by atomic mass is 10.1. The molecule has 1 unspecified atom stereocenters. The molecular formula is C10H13N3O. The van der Waals surface area contributed by atoms with Crippen LogP contribution in [0.1, 0.15) is 6.42 Å². The fraction of sp³-hybridized carbons (Fsp3) is 0.400. The van der Waals surface area contributed by atoms with Gasteiger partial charge in [-0.1, -0.05) is 0 Å². The minimum absolute atomic E-state index is 0.00293. The minimum atomic E-state index is -0.193. The van der Waals surface area contributed by atoms with E-state index in [1.54, 1.807) is 12.4 Å². The molecule has 4 heteroatoms. The number of carbonyl (C=O) groups excluding carboxylic acids is 1. The predicted molar refractivity (Wildman–Crippen MR) is 53.8 cm³/mol. The molecule has 1 fully saturated rings. The van der Waals surface area contributed by atoms with Gasteiger partial charge < -0.3 is 10.6 Å². The number of nitrogens with zero attached hydrogens (tertiary/aromatic N) is 2. The standard InChI is InChI=1S/C10H13N3O/c11-10(14)8-3-6-13(7-8)9-1-4-12-5-2-9/h1-2,4-5,8H,3,6-7H2,(H2,11,14). The maximum Gasteiger partial charge on any atom is 0.222 e. The van der Waals surface area contributed by atoms with Crippen LogP contribution in [0.2, 0.25) is 0 Å². The van der Waals surface area contributed by atoms with Gasteiger partial charge in [0.05, 0.1) is 5.92 Å². The summed E-state index contributed by atoms with van der Waals surface area (Å²) in [7, 11) is 0. The molecule has 1 aromatic heterocycles. The Balaban J connectivity index is 2.06. The van der Waals surface area contributed by atoms with Gasteiger partial charge in [0, 0.05) is 31.2 Å². The third-order valence-corrected chi connectivity index (χ3v) is 2.62. The van der Waals surface area contributed by atoms with E-state index in [-0.39, 0.29) is 11.8 Å². The molecule has 0 aromatic carbocycles. The summed E-state index contributed by atoms with van der Waals surface area (Å²) in [4.78, 5) is 17.1. The van der Waals surface area contributed by atoms with Crippen LogP contribution in [-0.2, 0) is 4.79 Å². The zero-order valence-electron chi connectivity index (χ0n) is 7.89. The third kappa shape index (κ3) is 1.69. The van der Waals surface area contributed by atoms with Crippen molar-refractivity contribution in [2.75, 3.05) is 18.0 Å². The van der Waals surface area contributed by atoms with Crippen LogP contribution in [0, 0.1) is 5.92 Å². The smallest absolute Gasteiger partial charge is 0.222 e. The topological polar surface area (TPSA) is 59.2 Å². The fourth-order valence-corrected chi connectivity index (χ4v) is 1.78. The molecular weight excluding hydrogens is 178 g/mol. The van der Waals surface area contributed by atoms with E-state index in [0.29, 0.717) is 0 Å². The molecule has 1 aromatic rings. The average Bonchev–Trinajstić information content (AvgIpc) is 2.68. The highest BCUT2D eigenvalue weighted by atomic mass is 16.1. The highest BCUT2D eigenvalue weighted by Gasteiger charge is 2.26. The summed E-state index contributed by atoms with van der Waals surface area (Å²) in [6.45, 7) is 1.64. The predicted octanol–water partition coefficient (Wildman–Crippen LogP) is 0.393. The van der Waals surface area contributed by atoms with Crippen LogP contribution in [0.4, 0.5) is 5.69 Å². The summed E-state index contributed by atoms with van der Waals surface area (Å²) < 4.78 is 0. The van der Waals surface area contributed by atoms with E-state index in [1.807, 2.05) is 12.1 Å². The second-order valence-electron chi connectivity index (χ2n) is 3.54. The third-order valence-electron chi connectivity index (χ3n) is 2.62. The number of anilines is 1. The molecule has 0 radical (unpaired) electrons. The Morgan fingerprint density at radius 2 is 2.21 bits per heavy atom. The lowest BCUT2D eigenvalue weighted by Gasteiger charge is -2.17. The number of nitrogens with two attached hydrogens (primary N) is 1. The number of aromatic nitrogens is 1. The van der Waals surface area contributed by atoms with Crippen LogP contribution in [0.5, 0.6) is 0 Å². The molecule has 1 aliphatic heterocycles. The van der Waals surface area contributed by atoms with Gasteiger partial charge in [0.25, 0.3) is 0 Å². The van der Waals surface area contributed by atoms with E-state index in [1.165, 1.54) is 0 Å². The summed E-state index contributed by atoms with van der Waals surface area (Å²) in [6.07, 6.45) is 4.37. The van der Waals surface area contributed by atoms with Crippen molar-refractivity contribution in [1.29, 1.82) is 0 Å². The van der Waals surface area contributed by atoms with Crippen molar-refractivity contribution in [2.45, 2.75) is 6.42 Å². The van der Waals surface area contributed by atoms with Gasteiger partial charge in [-0.25, -0.2) is 0 Å². The van der Waals surface area contributed by atoms with E-state index >= 15 is 0 Å². The molecule has 2 heterocycles. The molecule has 0 bridgehead atoms. The van der Waals surface area contributed by atoms with E-state index < -0.39 is 0 Å². The molecule has 1 atom stereocenters. The van der Waals surface area contributed by atoms with Gasteiger partial charge in [0.1, 0.15) is 0 Å². The Labute approximate surface area is 82.7 Å². The van der Waals surface area contributed by atoms with Crippen LogP contribution < -0.4 is 10.6 Å². The SMILES string of the molecule is NC(=O)C1CCN(c2ccncc2)C1. The molecule has 2 rings (SSSR count). The molecule has 0 spiro atoms. The van der Waals surface area contributed by atoms with Crippen molar-refractivity contribution >= 4 is 11.6 Å². The highest BCUT2D eigenvalue weighted by Crippen LogP contribution is 2.22. The first kappa shape index (κ1) is 8.99. The largest absolute Gasteiger partial charge is 0.371 e. The molecule has 4 nitrogen and oxygen atoms in total. The minimum Gasteiger partial charge on any atom is -0.371 e. The lowest BCUT2D eigenvalue weighted by molar-refractivity contribution is -0.121. The second kappa shape index (κ2) is 3.65. The first-order chi connectivity index (χ1) is 6.77. The van der Waals surface area contributed by atoms with Crippen LogP contribution in [0.15, 0.2) is 24.5 Å². The molecule has 14 heavy (non-hydrogen) atoms. The molecule has 1 aliphatic rings. The van der Waals surface area contributed by atoms with Crippen LogP contribution in [0.25, 0.3) is 0 Å². The molecule has 0 aliphatic carbocycles. The van der Waals surface area contributed by atoms with E-state index in [9.17, 15) is 4.79 Å². The van der Waals surface area contributed by atoms with Crippen molar-refractivity contribution in [3.63, 3.8) is 0 Å². The first-order valence-corrected chi connectivity index (χ1v) is 4.71. The van der Waals surface area contributed by atoms with E-state index in [2.05, 4.69) is 9.88 Å². The number of carbonyl (C=O) groups is 1. The maximum absolute atomic E-state index is 11.0. The monoisotopic (exact) mass is 191 g/mol. The number of primary amides is 1. The summed E-state index contributed by atoms with van der Waals surface area (Å²) in [5, 5.41) is 0. The molecule has 1 saturated heterocycles. The molecule has 0 saturated carbocycles. The van der Waals surface area contributed by atoms with Crippen LogP contribution in [-0.4, -0.2) is 24.0 Å². The van der Waals surface area contributed by atoms with Crippen LogP contribution in [0.3, 0.4) is 0 Å². The lowest BCUT2D eigenvalue weighted by Crippen LogP contribution is -2.27. The van der Waals surface area contributed by atoms with Crippen molar-refractivity contribution in [2.24, 2.45) is 11.7 Å². The van der Waals surface area contributed by atoms with Gasteiger partial charge in [0.15, 0.2) is 0 Å². The summed E-state index contributed by atoms with van der Waals surface area (Å²) >= 11 is 0. The second-order valence-corrected chi connectivity index (χ2v) is 3.54. The quantitative estimate of drug-likeness (QED) is 0.735. The number of pyridine rings is 1. The summed E-state index contributed by atoms with van der Waals surface area (Å²) in [5.74, 6) is -0.190. The number of rotatable bonds is 2. The van der Waals surface area contributed by atoms with Gasteiger partial charge in [-0.15, -0.1) is 0 Å². The van der Waals surface area contributed by atoms with Crippen molar-refractivity contribution < 1.29 is 4.79 Å². The Kier molecular flexibility index (Phi) is 2.35. The normalized spacial score (nSPS) is 21.1. The molecule has 1 amide bonds. The number of hydrogen-bond donors (Lipinski definition) is 1. The zero-order valence-corrected chi connectivity index (χ0v) is 7.89. The van der Waals surface area contributed by atoms with Gasteiger partial charge >= 0.3 is 0 Å². The number of amides is 1. The maximum atomic E-state index is 11.0. The average molecular weight is 191 g/mol. The van der Waals surface area contributed by atoms with Gasteiger partial charge in [-0.05, 0) is 18.6 Å². The first-order valence-electron chi connectivity index (χ1n) is 4.71. The van der Waals surface area contributed by atoms with Crippen LogP contribution >= 0.6 is 0 Å². The summed E-state index contributed by atoms with van der Waals surface area (Å²) in [6, 6.07) is 3.90. The number of hydrogen-bond acceptors (Lipinski definition) is 3. The Morgan fingerprint density at radius 3 is 2.79 bits per heavy atom. The van der Waals surface area contributed by atoms with Gasteiger partial charge in [-0.2, -0.15) is 0 Å². The summed E-state index contributed by atoms with van der Waals surface area (Å²) in [5.41, 5.74) is 6.37. The Morgan fingerprint density at radius 1 is 1.50 bits per heavy atom. The van der Waals surface area contributed by atoms with Crippen molar-refractivity contribution in [3.05, 3.63) is 24.5 Å². The Hall–Kier alpha value is -1.58. The zero-order chi connectivity index (χ0) is 9.97.